The molecule has 0 bridgehead atoms. The second kappa shape index (κ2) is 3.62. The van der Waals surface area contributed by atoms with Crippen LogP contribution < -0.4 is 18.9 Å². The van der Waals surface area contributed by atoms with Crippen LogP contribution in [-0.4, -0.2) is 9.79 Å². The van der Waals surface area contributed by atoms with E-state index in [0.717, 1.165) is 0 Å². The molecule has 0 saturated carbocycles. The fraction of sp³-hybridized carbons (Fsp3) is 0. The first-order valence-corrected chi connectivity index (χ1v) is 2.45. The maximum Gasteiger partial charge on any atom is 1.00 e. The van der Waals surface area contributed by atoms with Crippen LogP contribution in [0.5, 0.6) is 0 Å². The van der Waals surface area contributed by atoms with Crippen LogP contribution in [0.3, 0.4) is 0 Å². The summed E-state index contributed by atoms with van der Waals surface area (Å²) in [4.78, 5) is 14.7. The molecule has 0 aromatic rings. The molecule has 0 atom stereocenters. The first-order valence-electron chi connectivity index (χ1n) is 0.919. The van der Waals surface area contributed by atoms with E-state index < -0.39 is 7.82 Å². The third-order valence-electron chi connectivity index (χ3n) is 0.0899. The maximum atomic E-state index is 10.2. The van der Waals surface area contributed by atoms with Gasteiger partial charge in [0.15, 0.2) is 0 Å². The number of hydrogen-bond donors (Lipinski definition) is 2. The van der Waals surface area contributed by atoms with Gasteiger partial charge in [-0.05, 0) is 4.53 Å². The molecule has 0 fully saturated rings. The molecule has 0 rings (SSSR count). The van der Waals surface area contributed by atoms with Gasteiger partial charge in [0.25, 0.3) is 0 Å². The third-order valence-corrected chi connectivity index (χ3v) is 0.270. The number of hydrogen-bond acceptors (Lipinski definition) is 2. The van der Waals surface area contributed by atoms with Crippen molar-refractivity contribution in [3.8, 4) is 0 Å². The largest absolute Gasteiger partial charge is 1.00 e. The van der Waals surface area contributed by atoms with E-state index in [1.165, 1.54) is 0 Å². The Bertz CT molecular complexity index is 80.1. The van der Waals surface area contributed by atoms with Crippen molar-refractivity contribution in [3.05, 3.63) is 0 Å². The molecule has 0 saturated heterocycles. The van der Waals surface area contributed by atoms with E-state index in [4.69, 9.17) is 14.4 Å². The summed E-state index contributed by atoms with van der Waals surface area (Å²) in [6.07, 6.45) is 0. The number of halogens is 1. The summed E-state index contributed by atoms with van der Waals surface area (Å²) < 4.78 is 21.4. The molecular weight excluding hydrogens is 121 g/mol. The number of phosphoric acid groups is 1. The van der Waals surface area contributed by atoms with E-state index in [2.05, 4.69) is 4.73 Å². The second-order valence-electron chi connectivity index (χ2n) is 0.560. The Morgan fingerprint density at radius 1 is 1.71 bits per heavy atom. The number of rotatable bonds is 1. The van der Waals surface area contributed by atoms with Gasteiger partial charge in [-0.25, -0.2) is 4.57 Å². The summed E-state index contributed by atoms with van der Waals surface area (Å²) >= 11 is 0. The Hall–Kier alpha value is 0.637. The van der Waals surface area contributed by atoms with Gasteiger partial charge in [0.05, 0.1) is 0 Å². The van der Waals surface area contributed by atoms with Crippen molar-refractivity contribution >= 4 is 7.82 Å². The summed E-state index contributed by atoms with van der Waals surface area (Å²) in [5.74, 6) is 0. The summed E-state index contributed by atoms with van der Waals surface area (Å²) in [6.45, 7) is 0. The van der Waals surface area contributed by atoms with Crippen LogP contribution in [0.2, 0.25) is 0 Å². The monoisotopic (exact) mass is 124 g/mol. The van der Waals surface area contributed by atoms with Crippen molar-refractivity contribution in [3.63, 3.8) is 0 Å². The van der Waals surface area contributed by atoms with Crippen LogP contribution in [0.15, 0.2) is 0 Å². The first kappa shape index (κ1) is 10.6. The zero-order valence-electron chi connectivity index (χ0n) is 4.54. The summed E-state index contributed by atoms with van der Waals surface area (Å²) in [5.41, 5.74) is 0. The van der Waals surface area contributed by atoms with Crippen molar-refractivity contribution in [2.45, 2.75) is 0 Å². The summed E-state index contributed by atoms with van der Waals surface area (Å²) in [7, 11) is -4.81. The molecule has 0 aliphatic rings. The van der Waals surface area contributed by atoms with Gasteiger partial charge in [-0.3, -0.25) is 0 Å². The van der Waals surface area contributed by atoms with Crippen LogP contribution in [0.4, 0.5) is 4.53 Å². The summed E-state index contributed by atoms with van der Waals surface area (Å²) in [5, 5.41) is 0. The molecule has 0 spiro atoms. The van der Waals surface area contributed by atoms with E-state index in [1.807, 2.05) is 0 Å². The van der Waals surface area contributed by atoms with Crippen molar-refractivity contribution < 1.29 is 43.9 Å². The van der Waals surface area contributed by atoms with Crippen LogP contribution in [0.25, 0.3) is 0 Å². The first-order chi connectivity index (χ1) is 2.56. The van der Waals surface area contributed by atoms with Crippen LogP contribution in [0, 0.1) is 0 Å². The van der Waals surface area contributed by atoms with Gasteiger partial charge in [0.1, 0.15) is 0 Å². The fourth-order valence-corrected chi connectivity index (χ4v) is 0. The molecule has 0 amide bonds. The van der Waals surface area contributed by atoms with Gasteiger partial charge in [-0.15, -0.1) is 0 Å². The molecule has 40 valence electrons. The fourth-order valence-electron chi connectivity index (χ4n) is 0. The average molecular weight is 124 g/mol. The maximum absolute atomic E-state index is 10.2. The van der Waals surface area contributed by atoms with Gasteiger partial charge in [-0.1, -0.05) is 4.73 Å². The Balaban J connectivity index is -0.000000125. The van der Waals surface area contributed by atoms with E-state index in [0.29, 0.717) is 0 Å². The minimum absolute atomic E-state index is 0. The molecule has 0 heterocycles. The van der Waals surface area contributed by atoms with Gasteiger partial charge in [-0.2, -0.15) is 0 Å². The molecule has 0 aromatic heterocycles. The van der Waals surface area contributed by atoms with E-state index in [1.54, 1.807) is 0 Å². The predicted octanol–water partition coefficient (Wildman–Crippen LogP) is -2.90. The molecule has 7 heteroatoms. The molecule has 2 N–H and O–H groups in total. The van der Waals surface area contributed by atoms with Crippen LogP contribution >= 0.6 is 7.82 Å². The van der Waals surface area contributed by atoms with Crippen molar-refractivity contribution in [1.29, 1.82) is 0 Å². The summed E-state index contributed by atoms with van der Waals surface area (Å²) in [6, 6.07) is 0. The minimum Gasteiger partial charge on any atom is -1.00 e. The van der Waals surface area contributed by atoms with Crippen LogP contribution in [0.1, 0.15) is 1.43 Å². The SMILES string of the molecule is O=P(O)(O)OF.[H-].[Li+]. The molecule has 0 radical (unpaired) electrons. The molecule has 0 aliphatic heterocycles. The molecular formula is H3FLiO4P. The molecule has 4 nitrogen and oxygen atoms in total. The smallest absolute Gasteiger partial charge is 1.00 e. The van der Waals surface area contributed by atoms with E-state index in [9.17, 15) is 4.53 Å². The Labute approximate surface area is 52.5 Å². The standard InChI is InChI=1S/FH2O4P.Li.H/c1-5-6(2,3)4;;/h(H2,2,3,4);;/q;+1;-1. The zero-order chi connectivity index (χ0) is 5.21. The van der Waals surface area contributed by atoms with Gasteiger partial charge in [0.2, 0.25) is 0 Å². The van der Waals surface area contributed by atoms with Crippen molar-refractivity contribution in [1.82, 2.24) is 0 Å². The topological polar surface area (TPSA) is 66.8 Å². The second-order valence-corrected chi connectivity index (χ2v) is 1.68. The molecule has 0 aliphatic carbocycles. The Kier molecular flexibility index (Phi) is 5.47. The zero-order valence-corrected chi connectivity index (χ0v) is 4.43. The Morgan fingerprint density at radius 3 is 1.86 bits per heavy atom. The molecule has 0 unspecified atom stereocenters. The average Bonchev–Trinajstić information content (AvgIpc) is 1.35. The van der Waals surface area contributed by atoms with Gasteiger partial charge >= 0.3 is 26.7 Å². The van der Waals surface area contributed by atoms with Gasteiger partial charge in [0, 0.05) is 0 Å². The Morgan fingerprint density at radius 2 is 1.86 bits per heavy atom. The predicted molar refractivity (Wildman–Crippen MR) is 15.3 cm³/mol. The minimum atomic E-state index is -4.81. The normalized spacial score (nSPS) is 10.1. The van der Waals surface area contributed by atoms with Crippen molar-refractivity contribution in [2.75, 3.05) is 0 Å². The van der Waals surface area contributed by atoms with Crippen LogP contribution in [-0.2, 0) is 9.29 Å². The third kappa shape index (κ3) is 10.8. The molecule has 7 heavy (non-hydrogen) atoms. The van der Waals surface area contributed by atoms with E-state index >= 15 is 0 Å². The quantitative estimate of drug-likeness (QED) is 0.290. The molecule has 0 aromatic carbocycles. The van der Waals surface area contributed by atoms with E-state index in [-0.39, 0.29) is 20.3 Å². The van der Waals surface area contributed by atoms with Crippen molar-refractivity contribution in [2.24, 2.45) is 0 Å². The van der Waals surface area contributed by atoms with Gasteiger partial charge < -0.3 is 11.2 Å².